The molecule has 94 valence electrons. The van der Waals surface area contributed by atoms with Gasteiger partial charge < -0.3 is 10.5 Å². The van der Waals surface area contributed by atoms with Crippen LogP contribution in [-0.4, -0.2) is 16.1 Å². The molecule has 1 aromatic rings. The predicted molar refractivity (Wildman–Crippen MR) is 70.7 cm³/mol. The number of hydrogen-bond donors (Lipinski definition) is 1. The quantitative estimate of drug-likeness (QED) is 0.912. The van der Waals surface area contributed by atoms with E-state index in [-0.39, 0.29) is 12.1 Å². The van der Waals surface area contributed by atoms with Crippen molar-refractivity contribution < 1.29 is 4.74 Å². The van der Waals surface area contributed by atoms with Gasteiger partial charge in [-0.25, -0.2) is 4.98 Å². The van der Waals surface area contributed by atoms with E-state index in [0.717, 1.165) is 17.3 Å². The SMILES string of the molecule is CC1CC(C)CC(Oc2nc(N)ncc2Br)C1. The second-order valence-corrected chi connectivity index (χ2v) is 5.89. The number of nitrogens with two attached hydrogens (primary N) is 1. The molecular weight excluding hydrogens is 282 g/mol. The second kappa shape index (κ2) is 5.21. The molecule has 4 nitrogen and oxygen atoms in total. The van der Waals surface area contributed by atoms with Gasteiger partial charge in [0.05, 0.1) is 10.7 Å². The Hall–Kier alpha value is -0.840. The van der Waals surface area contributed by atoms with Gasteiger partial charge in [0.25, 0.3) is 0 Å². The number of anilines is 1. The standard InChI is InChI=1S/C12H18BrN3O/c1-7-3-8(2)5-9(4-7)17-11-10(13)6-15-12(14)16-11/h6-9H,3-5H2,1-2H3,(H2,14,15,16). The van der Waals surface area contributed by atoms with Crippen LogP contribution < -0.4 is 10.5 Å². The summed E-state index contributed by atoms with van der Waals surface area (Å²) in [6.07, 6.45) is 5.32. The number of ether oxygens (including phenoxy) is 1. The molecule has 0 aliphatic heterocycles. The molecule has 0 bridgehead atoms. The van der Waals surface area contributed by atoms with Gasteiger partial charge in [-0.1, -0.05) is 13.8 Å². The zero-order valence-corrected chi connectivity index (χ0v) is 11.8. The Balaban J connectivity index is 2.07. The van der Waals surface area contributed by atoms with E-state index in [1.807, 2.05) is 0 Å². The summed E-state index contributed by atoms with van der Waals surface area (Å²) in [5.74, 6) is 2.23. The van der Waals surface area contributed by atoms with Crippen molar-refractivity contribution in [3.8, 4) is 5.88 Å². The lowest BCUT2D eigenvalue weighted by Crippen LogP contribution is -2.29. The molecule has 1 heterocycles. The van der Waals surface area contributed by atoms with Crippen molar-refractivity contribution in [2.24, 2.45) is 11.8 Å². The van der Waals surface area contributed by atoms with Crippen molar-refractivity contribution in [2.45, 2.75) is 39.2 Å². The third-order valence-corrected chi connectivity index (χ3v) is 3.69. The van der Waals surface area contributed by atoms with Crippen molar-refractivity contribution in [1.82, 2.24) is 9.97 Å². The molecule has 5 heteroatoms. The number of aromatic nitrogens is 2. The summed E-state index contributed by atoms with van der Waals surface area (Å²) >= 11 is 3.38. The van der Waals surface area contributed by atoms with Crippen LogP contribution in [0, 0.1) is 11.8 Å². The lowest BCUT2D eigenvalue weighted by Gasteiger charge is -2.31. The van der Waals surface area contributed by atoms with Crippen LogP contribution in [0.4, 0.5) is 5.95 Å². The summed E-state index contributed by atoms with van der Waals surface area (Å²) < 4.78 is 6.69. The Morgan fingerprint density at radius 3 is 2.59 bits per heavy atom. The van der Waals surface area contributed by atoms with E-state index in [4.69, 9.17) is 10.5 Å². The maximum Gasteiger partial charge on any atom is 0.233 e. The Bertz CT molecular complexity index is 389. The van der Waals surface area contributed by atoms with Crippen LogP contribution in [0.2, 0.25) is 0 Å². The van der Waals surface area contributed by atoms with Gasteiger partial charge in [0.1, 0.15) is 6.10 Å². The number of nitrogens with zero attached hydrogens (tertiary/aromatic N) is 2. The third-order valence-electron chi connectivity index (χ3n) is 3.14. The van der Waals surface area contributed by atoms with Gasteiger partial charge in [-0.05, 0) is 47.0 Å². The smallest absolute Gasteiger partial charge is 0.233 e. The molecule has 1 aliphatic rings. The second-order valence-electron chi connectivity index (χ2n) is 5.04. The Morgan fingerprint density at radius 1 is 1.29 bits per heavy atom. The third kappa shape index (κ3) is 3.31. The Labute approximate surface area is 110 Å². The molecule has 2 unspecified atom stereocenters. The van der Waals surface area contributed by atoms with Crippen molar-refractivity contribution >= 4 is 21.9 Å². The van der Waals surface area contributed by atoms with Crippen LogP contribution in [0.25, 0.3) is 0 Å². The maximum atomic E-state index is 5.93. The van der Waals surface area contributed by atoms with Gasteiger partial charge in [0.2, 0.25) is 11.8 Å². The fraction of sp³-hybridized carbons (Fsp3) is 0.667. The van der Waals surface area contributed by atoms with Crippen molar-refractivity contribution in [3.05, 3.63) is 10.7 Å². The molecule has 17 heavy (non-hydrogen) atoms. The van der Waals surface area contributed by atoms with Crippen LogP contribution in [-0.2, 0) is 0 Å². The largest absolute Gasteiger partial charge is 0.473 e. The average Bonchev–Trinajstić information content (AvgIpc) is 2.22. The first kappa shape index (κ1) is 12.6. The van der Waals surface area contributed by atoms with E-state index in [1.54, 1.807) is 6.20 Å². The molecule has 2 atom stereocenters. The van der Waals surface area contributed by atoms with E-state index in [1.165, 1.54) is 6.42 Å². The van der Waals surface area contributed by atoms with Gasteiger partial charge in [-0.3, -0.25) is 0 Å². The Kier molecular flexibility index (Phi) is 3.86. The van der Waals surface area contributed by atoms with Crippen molar-refractivity contribution in [2.75, 3.05) is 5.73 Å². The number of nitrogen functional groups attached to an aromatic ring is 1. The molecule has 1 saturated carbocycles. The highest BCUT2D eigenvalue weighted by Gasteiger charge is 2.26. The zero-order valence-electron chi connectivity index (χ0n) is 10.2. The molecule has 1 aromatic heterocycles. The van der Waals surface area contributed by atoms with Gasteiger partial charge in [0.15, 0.2) is 0 Å². The first-order valence-electron chi connectivity index (χ1n) is 5.99. The van der Waals surface area contributed by atoms with Crippen LogP contribution in [0.1, 0.15) is 33.1 Å². The molecule has 0 amide bonds. The first-order valence-corrected chi connectivity index (χ1v) is 6.78. The Morgan fingerprint density at radius 2 is 1.94 bits per heavy atom. The normalized spacial score (nSPS) is 29.0. The van der Waals surface area contributed by atoms with Gasteiger partial charge in [0, 0.05) is 0 Å². The fourth-order valence-electron chi connectivity index (χ4n) is 2.57. The summed E-state index contributed by atoms with van der Waals surface area (Å²) in [4.78, 5) is 8.02. The molecule has 0 aromatic carbocycles. The molecule has 2 rings (SSSR count). The summed E-state index contributed by atoms with van der Waals surface area (Å²) in [5.41, 5.74) is 5.56. The molecule has 0 radical (unpaired) electrons. The maximum absolute atomic E-state index is 5.93. The highest BCUT2D eigenvalue weighted by molar-refractivity contribution is 9.10. The van der Waals surface area contributed by atoms with Gasteiger partial charge in [-0.15, -0.1) is 0 Å². The van der Waals surface area contributed by atoms with Crippen LogP contribution in [0.3, 0.4) is 0 Å². The zero-order chi connectivity index (χ0) is 12.4. The van der Waals surface area contributed by atoms with Crippen molar-refractivity contribution in [3.63, 3.8) is 0 Å². The first-order chi connectivity index (χ1) is 8.04. The topological polar surface area (TPSA) is 61.0 Å². The molecule has 2 N–H and O–H groups in total. The summed E-state index contributed by atoms with van der Waals surface area (Å²) in [5, 5.41) is 0. The van der Waals surface area contributed by atoms with E-state index < -0.39 is 0 Å². The summed E-state index contributed by atoms with van der Waals surface area (Å²) in [6, 6.07) is 0. The van der Waals surface area contributed by atoms with E-state index in [9.17, 15) is 0 Å². The average molecular weight is 300 g/mol. The summed E-state index contributed by atoms with van der Waals surface area (Å²) in [7, 11) is 0. The van der Waals surface area contributed by atoms with E-state index in [0.29, 0.717) is 17.7 Å². The predicted octanol–water partition coefficient (Wildman–Crippen LogP) is 3.02. The van der Waals surface area contributed by atoms with Crippen LogP contribution >= 0.6 is 15.9 Å². The fourth-order valence-corrected chi connectivity index (χ4v) is 2.86. The number of hydrogen-bond acceptors (Lipinski definition) is 4. The monoisotopic (exact) mass is 299 g/mol. The van der Waals surface area contributed by atoms with E-state index >= 15 is 0 Å². The number of halogens is 1. The lowest BCUT2D eigenvalue weighted by molar-refractivity contribution is 0.0959. The highest BCUT2D eigenvalue weighted by atomic mass is 79.9. The molecular formula is C12H18BrN3O. The van der Waals surface area contributed by atoms with Gasteiger partial charge in [-0.2, -0.15) is 4.98 Å². The molecule has 1 fully saturated rings. The highest BCUT2D eigenvalue weighted by Crippen LogP contribution is 2.32. The molecule has 0 saturated heterocycles. The summed E-state index contributed by atoms with van der Waals surface area (Å²) in [6.45, 7) is 4.55. The van der Waals surface area contributed by atoms with Crippen LogP contribution in [0.5, 0.6) is 5.88 Å². The molecule has 0 spiro atoms. The van der Waals surface area contributed by atoms with Crippen molar-refractivity contribution in [1.29, 1.82) is 0 Å². The minimum absolute atomic E-state index is 0.236. The van der Waals surface area contributed by atoms with E-state index in [2.05, 4.69) is 39.7 Å². The lowest BCUT2D eigenvalue weighted by atomic mass is 9.82. The number of rotatable bonds is 2. The van der Waals surface area contributed by atoms with Crippen LogP contribution in [0.15, 0.2) is 10.7 Å². The minimum Gasteiger partial charge on any atom is -0.473 e. The minimum atomic E-state index is 0.236. The molecule has 1 aliphatic carbocycles. The van der Waals surface area contributed by atoms with Gasteiger partial charge >= 0.3 is 0 Å².